The molecule has 0 aliphatic heterocycles. The van der Waals surface area contributed by atoms with Crippen LogP contribution in [-0.4, -0.2) is 0 Å². The maximum absolute atomic E-state index is 3.00. The summed E-state index contributed by atoms with van der Waals surface area (Å²) < 4.78 is 0. The first-order valence-corrected chi connectivity index (χ1v) is 7.85. The van der Waals surface area contributed by atoms with Crippen molar-refractivity contribution < 1.29 is 0 Å². The standard InChI is InChI=1S/C19H24.C2H4/c1-3-4-5-11-18(19-14-15-19)13-8-12-17-10-7-6-9-16(17)2;1-2/h3-7,9-11,13,19H,8,12,14-15H2,1-2H3;1-2H2/b4-3-,11-5-,18-13-;. The minimum absolute atomic E-state index is 0.832. The smallest absolute Gasteiger partial charge is 0.0165 e. The van der Waals surface area contributed by atoms with Gasteiger partial charge in [-0.2, -0.15) is 0 Å². The van der Waals surface area contributed by atoms with Crippen LogP contribution in [-0.2, 0) is 6.42 Å². The molecule has 0 unspecified atom stereocenters. The Morgan fingerprint density at radius 1 is 1.19 bits per heavy atom. The molecule has 1 aromatic rings. The van der Waals surface area contributed by atoms with E-state index in [0.29, 0.717) is 0 Å². The third-order valence-corrected chi connectivity index (χ3v) is 3.70. The number of hydrogen-bond donors (Lipinski definition) is 0. The lowest BCUT2D eigenvalue weighted by molar-refractivity contribution is 0.950. The van der Waals surface area contributed by atoms with Crippen LogP contribution in [0.15, 0.2) is 73.4 Å². The van der Waals surface area contributed by atoms with E-state index in [9.17, 15) is 0 Å². The highest BCUT2D eigenvalue weighted by Crippen LogP contribution is 2.37. The molecule has 0 bridgehead atoms. The summed E-state index contributed by atoms with van der Waals surface area (Å²) in [5, 5.41) is 0. The van der Waals surface area contributed by atoms with Crippen molar-refractivity contribution in [3.05, 3.63) is 84.5 Å². The lowest BCUT2D eigenvalue weighted by Gasteiger charge is -2.04. The van der Waals surface area contributed by atoms with Crippen molar-refractivity contribution in [2.75, 3.05) is 0 Å². The Kier molecular flexibility index (Phi) is 8.19. The molecule has 0 heterocycles. The zero-order chi connectivity index (χ0) is 15.5. The highest BCUT2D eigenvalue weighted by atomic mass is 14.3. The molecule has 0 aromatic heterocycles. The van der Waals surface area contributed by atoms with E-state index in [0.717, 1.165) is 18.8 Å². The van der Waals surface area contributed by atoms with Crippen molar-refractivity contribution >= 4 is 0 Å². The van der Waals surface area contributed by atoms with Gasteiger partial charge in [0.15, 0.2) is 0 Å². The molecule has 0 amide bonds. The molecule has 1 fully saturated rings. The van der Waals surface area contributed by atoms with E-state index in [1.54, 1.807) is 0 Å². The van der Waals surface area contributed by atoms with Gasteiger partial charge in [-0.25, -0.2) is 0 Å². The fourth-order valence-electron chi connectivity index (χ4n) is 2.35. The maximum Gasteiger partial charge on any atom is -0.0165 e. The van der Waals surface area contributed by atoms with Crippen LogP contribution in [0.25, 0.3) is 0 Å². The van der Waals surface area contributed by atoms with Gasteiger partial charge in [0, 0.05) is 0 Å². The number of rotatable bonds is 6. The Morgan fingerprint density at radius 2 is 1.90 bits per heavy atom. The summed E-state index contributed by atoms with van der Waals surface area (Å²) in [4.78, 5) is 0. The second-order valence-electron chi connectivity index (χ2n) is 5.33. The van der Waals surface area contributed by atoms with E-state index >= 15 is 0 Å². The van der Waals surface area contributed by atoms with Crippen molar-refractivity contribution in [3.63, 3.8) is 0 Å². The average Bonchev–Trinajstić information content (AvgIpc) is 3.34. The molecule has 1 aromatic carbocycles. The summed E-state index contributed by atoms with van der Waals surface area (Å²) >= 11 is 0. The van der Waals surface area contributed by atoms with Gasteiger partial charge in [-0.05, 0) is 62.1 Å². The first-order chi connectivity index (χ1) is 10.3. The summed E-state index contributed by atoms with van der Waals surface area (Å²) in [6, 6.07) is 8.70. The highest BCUT2D eigenvalue weighted by molar-refractivity contribution is 5.29. The van der Waals surface area contributed by atoms with Crippen LogP contribution < -0.4 is 0 Å². The zero-order valence-corrected chi connectivity index (χ0v) is 13.5. The fraction of sp³-hybridized carbons (Fsp3) is 0.333. The molecule has 0 saturated heterocycles. The minimum Gasteiger partial charge on any atom is -0.106 e. The molecule has 0 atom stereocenters. The minimum atomic E-state index is 0.832. The van der Waals surface area contributed by atoms with Gasteiger partial charge in [0.1, 0.15) is 0 Å². The topological polar surface area (TPSA) is 0 Å². The summed E-state index contributed by atoms with van der Waals surface area (Å²) in [5.41, 5.74) is 4.42. The molecule has 112 valence electrons. The molecule has 0 radical (unpaired) electrons. The second-order valence-corrected chi connectivity index (χ2v) is 5.33. The van der Waals surface area contributed by atoms with Gasteiger partial charge in [-0.15, -0.1) is 13.2 Å². The Hall–Kier alpha value is -1.82. The van der Waals surface area contributed by atoms with Crippen LogP contribution in [0.2, 0.25) is 0 Å². The number of allylic oxidation sites excluding steroid dienone is 6. The molecule has 0 nitrogen and oxygen atoms in total. The first-order valence-electron chi connectivity index (χ1n) is 7.85. The molecule has 0 N–H and O–H groups in total. The van der Waals surface area contributed by atoms with Crippen LogP contribution in [0.1, 0.15) is 37.3 Å². The molecular weight excluding hydrogens is 252 g/mol. The maximum atomic E-state index is 3.00. The number of benzene rings is 1. The quantitative estimate of drug-likeness (QED) is 0.430. The fourth-order valence-corrected chi connectivity index (χ4v) is 2.35. The molecule has 1 saturated carbocycles. The molecule has 1 aliphatic carbocycles. The van der Waals surface area contributed by atoms with Crippen LogP contribution in [0.5, 0.6) is 0 Å². The molecule has 21 heavy (non-hydrogen) atoms. The van der Waals surface area contributed by atoms with Crippen LogP contribution in [0.3, 0.4) is 0 Å². The summed E-state index contributed by atoms with van der Waals surface area (Å²) in [7, 11) is 0. The Labute approximate surface area is 130 Å². The predicted molar refractivity (Wildman–Crippen MR) is 95.5 cm³/mol. The van der Waals surface area contributed by atoms with Crippen LogP contribution >= 0.6 is 0 Å². The van der Waals surface area contributed by atoms with E-state index in [4.69, 9.17) is 0 Å². The lowest BCUT2D eigenvalue weighted by atomic mass is 10.0. The SMILES string of the molecule is C=C.C\C=C/C=C\C(=C\CCc1ccccc1C)C1CC1. The van der Waals surface area contributed by atoms with Gasteiger partial charge in [0.25, 0.3) is 0 Å². The summed E-state index contributed by atoms with van der Waals surface area (Å²) in [5.74, 6) is 0.832. The van der Waals surface area contributed by atoms with Gasteiger partial charge in [-0.3, -0.25) is 0 Å². The normalized spacial score (nSPS) is 15.2. The number of hydrogen-bond acceptors (Lipinski definition) is 0. The van der Waals surface area contributed by atoms with E-state index in [1.807, 2.05) is 0 Å². The number of aryl methyl sites for hydroxylation is 2. The second kappa shape index (κ2) is 9.99. The van der Waals surface area contributed by atoms with Gasteiger partial charge < -0.3 is 0 Å². The highest BCUT2D eigenvalue weighted by Gasteiger charge is 2.23. The molecule has 1 aliphatic rings. The van der Waals surface area contributed by atoms with Crippen LogP contribution in [0, 0.1) is 12.8 Å². The molecule has 0 spiro atoms. The van der Waals surface area contributed by atoms with Crippen molar-refractivity contribution in [3.8, 4) is 0 Å². The van der Waals surface area contributed by atoms with Crippen LogP contribution in [0.4, 0.5) is 0 Å². The average molecular weight is 280 g/mol. The van der Waals surface area contributed by atoms with E-state index < -0.39 is 0 Å². The third-order valence-electron chi connectivity index (χ3n) is 3.70. The Morgan fingerprint density at radius 3 is 2.52 bits per heavy atom. The Bertz CT molecular complexity index is 499. The van der Waals surface area contributed by atoms with Crippen molar-refractivity contribution in [1.29, 1.82) is 0 Å². The van der Waals surface area contributed by atoms with E-state index in [2.05, 4.69) is 81.7 Å². The van der Waals surface area contributed by atoms with Gasteiger partial charge in [0.05, 0.1) is 0 Å². The third kappa shape index (κ3) is 6.44. The zero-order valence-electron chi connectivity index (χ0n) is 13.5. The molecular formula is C21H28. The predicted octanol–water partition coefficient (Wildman–Crippen LogP) is 6.20. The van der Waals surface area contributed by atoms with Crippen molar-refractivity contribution in [2.45, 2.75) is 39.5 Å². The summed E-state index contributed by atoms with van der Waals surface area (Å²) in [6.07, 6.45) is 16.1. The first kappa shape index (κ1) is 17.2. The van der Waals surface area contributed by atoms with E-state index in [1.165, 1.54) is 29.5 Å². The van der Waals surface area contributed by atoms with Crippen molar-refractivity contribution in [2.24, 2.45) is 5.92 Å². The molecule has 2 rings (SSSR count). The lowest BCUT2D eigenvalue weighted by Crippen LogP contribution is -1.89. The van der Waals surface area contributed by atoms with E-state index in [-0.39, 0.29) is 0 Å². The van der Waals surface area contributed by atoms with Gasteiger partial charge >= 0.3 is 0 Å². The van der Waals surface area contributed by atoms with Gasteiger partial charge in [-0.1, -0.05) is 54.6 Å². The summed E-state index contributed by atoms with van der Waals surface area (Å²) in [6.45, 7) is 10.3. The molecule has 0 heteroatoms. The monoisotopic (exact) mass is 280 g/mol. The largest absolute Gasteiger partial charge is 0.106 e. The van der Waals surface area contributed by atoms with Gasteiger partial charge in [0.2, 0.25) is 0 Å². The Balaban J connectivity index is 0.00000106. The van der Waals surface area contributed by atoms with Crippen molar-refractivity contribution in [1.82, 2.24) is 0 Å².